The lowest BCUT2D eigenvalue weighted by molar-refractivity contribution is -0.122. The van der Waals surface area contributed by atoms with Gasteiger partial charge in [0.05, 0.1) is 40.2 Å². The molecule has 1 amide bonds. The van der Waals surface area contributed by atoms with Gasteiger partial charge in [-0.1, -0.05) is 6.42 Å². The van der Waals surface area contributed by atoms with Gasteiger partial charge in [0.25, 0.3) is 0 Å². The first-order chi connectivity index (χ1) is 21.2. The number of hydrogen-bond acceptors (Lipinski definition) is 7. The molecule has 1 aromatic carbocycles. The molecule has 1 saturated carbocycles. The lowest BCUT2D eigenvalue weighted by Gasteiger charge is -2.24. The van der Waals surface area contributed by atoms with Gasteiger partial charge < -0.3 is 10.3 Å². The second kappa shape index (κ2) is 10.9. The van der Waals surface area contributed by atoms with Gasteiger partial charge in [0.1, 0.15) is 26.9 Å². The molecule has 0 spiro atoms. The third kappa shape index (κ3) is 5.55. The van der Waals surface area contributed by atoms with E-state index in [0.717, 1.165) is 47.5 Å². The maximum Gasteiger partial charge on any atom is 0.227 e. The van der Waals surface area contributed by atoms with Gasteiger partial charge in [0.2, 0.25) is 5.91 Å². The number of halogens is 1. The minimum absolute atomic E-state index is 0.0202. The van der Waals surface area contributed by atoms with E-state index in [1.165, 1.54) is 12.1 Å². The van der Waals surface area contributed by atoms with Crippen LogP contribution < -0.4 is 5.32 Å². The molecule has 10 nitrogen and oxygen atoms in total. The fourth-order valence-corrected chi connectivity index (χ4v) is 6.06. The monoisotopic (exact) mass is 609 g/mol. The number of nitrogens with zero attached hydrogens (tertiary/aromatic N) is 4. The van der Waals surface area contributed by atoms with Crippen molar-refractivity contribution >= 4 is 43.4 Å². The molecule has 0 bridgehead atoms. The molecule has 0 atom stereocenters. The summed E-state index contributed by atoms with van der Waals surface area (Å²) in [5, 5.41) is 11.3. The Balaban J connectivity index is 1.23. The number of nitrogens with one attached hydrogen (secondary N) is 3. The van der Waals surface area contributed by atoms with E-state index in [4.69, 9.17) is 4.98 Å². The van der Waals surface area contributed by atoms with Crippen LogP contribution in [-0.4, -0.2) is 56.5 Å². The first kappa shape index (κ1) is 27.8. The van der Waals surface area contributed by atoms with Crippen LogP contribution in [0.25, 0.3) is 55.8 Å². The number of rotatable bonds is 8. The van der Waals surface area contributed by atoms with Gasteiger partial charge in [-0.15, -0.1) is 0 Å². The molecule has 5 heterocycles. The van der Waals surface area contributed by atoms with Gasteiger partial charge in [-0.25, -0.2) is 17.8 Å². The number of carbonyl (C=O) groups is 1. The average molecular weight is 610 g/mol. The Labute approximate surface area is 252 Å². The van der Waals surface area contributed by atoms with Crippen LogP contribution in [0, 0.1) is 11.7 Å². The van der Waals surface area contributed by atoms with Gasteiger partial charge in [-0.3, -0.25) is 19.9 Å². The van der Waals surface area contributed by atoms with Gasteiger partial charge in [0.15, 0.2) is 0 Å². The van der Waals surface area contributed by atoms with Crippen LogP contribution in [0.4, 0.5) is 10.1 Å². The van der Waals surface area contributed by atoms with Crippen molar-refractivity contribution in [3.8, 4) is 33.9 Å². The minimum atomic E-state index is -3.20. The molecule has 7 rings (SSSR count). The summed E-state index contributed by atoms with van der Waals surface area (Å²) in [5.74, 6) is -0.446. The Morgan fingerprint density at radius 1 is 1.02 bits per heavy atom. The Bertz CT molecular complexity index is 2170. The van der Waals surface area contributed by atoms with Crippen molar-refractivity contribution < 1.29 is 17.6 Å². The Kier molecular flexibility index (Phi) is 6.92. The Hall–Kier alpha value is -4.97. The summed E-state index contributed by atoms with van der Waals surface area (Å²) < 4.78 is 38.0. The number of benzene rings is 1. The van der Waals surface area contributed by atoms with Crippen molar-refractivity contribution in [2.75, 3.05) is 17.3 Å². The molecule has 222 valence electrons. The number of anilines is 1. The van der Waals surface area contributed by atoms with Crippen LogP contribution in [0.15, 0.2) is 67.1 Å². The zero-order chi connectivity index (χ0) is 30.4. The number of sulfone groups is 1. The second-order valence-electron chi connectivity index (χ2n) is 11.3. The van der Waals surface area contributed by atoms with Gasteiger partial charge >= 0.3 is 0 Å². The largest absolute Gasteiger partial charge is 0.353 e. The number of aromatic nitrogens is 6. The van der Waals surface area contributed by atoms with Crippen LogP contribution >= 0.6 is 0 Å². The Morgan fingerprint density at radius 3 is 2.68 bits per heavy atom. The SMILES string of the molecule is CS(=O)(=O)CCc1cc(F)cc(-c2nccc3[nH]c(-c4n[nH]c5ccc(-c6cncc(NC(=O)C7CCC7)c6)nc45)cc23)c1. The van der Waals surface area contributed by atoms with E-state index in [1.807, 2.05) is 30.3 Å². The summed E-state index contributed by atoms with van der Waals surface area (Å²) in [6.07, 6.45) is 9.26. The van der Waals surface area contributed by atoms with E-state index in [1.54, 1.807) is 24.7 Å². The molecule has 3 N–H and O–H groups in total. The molecule has 0 unspecified atom stereocenters. The molecule has 44 heavy (non-hydrogen) atoms. The van der Waals surface area contributed by atoms with Crippen molar-refractivity contribution in [3.05, 3.63) is 78.5 Å². The van der Waals surface area contributed by atoms with Crippen LogP contribution in [0.3, 0.4) is 0 Å². The zero-order valence-electron chi connectivity index (χ0n) is 23.8. The fourth-order valence-electron chi connectivity index (χ4n) is 5.46. The molecule has 12 heteroatoms. The summed E-state index contributed by atoms with van der Waals surface area (Å²) in [6.45, 7) is 0. The molecule has 6 aromatic rings. The number of H-pyrrole nitrogens is 2. The van der Waals surface area contributed by atoms with Gasteiger partial charge in [-0.2, -0.15) is 5.10 Å². The summed E-state index contributed by atoms with van der Waals surface area (Å²) in [5.41, 5.74) is 7.19. The predicted octanol–water partition coefficient (Wildman–Crippen LogP) is 5.70. The Morgan fingerprint density at radius 2 is 1.89 bits per heavy atom. The smallest absolute Gasteiger partial charge is 0.227 e. The lowest BCUT2D eigenvalue weighted by atomic mass is 9.85. The molecule has 1 fully saturated rings. The number of hydrogen-bond donors (Lipinski definition) is 3. The predicted molar refractivity (Wildman–Crippen MR) is 167 cm³/mol. The quantitative estimate of drug-likeness (QED) is 0.201. The summed E-state index contributed by atoms with van der Waals surface area (Å²) >= 11 is 0. The maximum absolute atomic E-state index is 14.6. The van der Waals surface area contributed by atoms with E-state index in [9.17, 15) is 17.6 Å². The molecule has 0 aliphatic heterocycles. The molecule has 1 aliphatic carbocycles. The number of pyridine rings is 3. The maximum atomic E-state index is 14.6. The van der Waals surface area contributed by atoms with E-state index in [2.05, 4.69) is 30.5 Å². The number of carbonyl (C=O) groups excluding carboxylic acids is 1. The second-order valence-corrected chi connectivity index (χ2v) is 13.5. The molecule has 0 saturated heterocycles. The van der Waals surface area contributed by atoms with Crippen molar-refractivity contribution in [2.24, 2.45) is 5.92 Å². The van der Waals surface area contributed by atoms with E-state index < -0.39 is 15.7 Å². The van der Waals surface area contributed by atoms with Crippen molar-refractivity contribution in [1.29, 1.82) is 0 Å². The molecule has 1 aliphatic rings. The van der Waals surface area contributed by atoms with Gasteiger partial charge in [-0.05, 0) is 73.4 Å². The van der Waals surface area contributed by atoms with E-state index in [-0.39, 0.29) is 24.0 Å². The number of amides is 1. The van der Waals surface area contributed by atoms with Crippen LogP contribution in [0.1, 0.15) is 24.8 Å². The van der Waals surface area contributed by atoms with Crippen molar-refractivity contribution in [2.45, 2.75) is 25.7 Å². The highest BCUT2D eigenvalue weighted by molar-refractivity contribution is 7.90. The van der Waals surface area contributed by atoms with Gasteiger partial charge in [0, 0.05) is 46.6 Å². The molecule has 0 radical (unpaired) electrons. The highest BCUT2D eigenvalue weighted by Gasteiger charge is 2.25. The fraction of sp³-hybridized carbons (Fsp3) is 0.219. The third-order valence-corrected chi connectivity index (χ3v) is 8.93. The highest BCUT2D eigenvalue weighted by atomic mass is 32.2. The first-order valence-electron chi connectivity index (χ1n) is 14.3. The topological polar surface area (TPSA) is 146 Å². The standard InChI is InChI=1S/C32H28FN7O3S/c1-44(42,43)10-8-18-11-20(13-22(33)12-18)29-24-15-28(37-26(24)7-9-35-29)31-30-27(39-40-31)6-5-25(38-30)21-14-23(17-34-16-21)36-32(41)19-3-2-4-19/h5-7,9,11-17,19,37H,2-4,8,10H2,1H3,(H,36,41)(H,39,40). The average Bonchev–Trinajstić information content (AvgIpc) is 3.58. The van der Waals surface area contributed by atoms with Crippen LogP contribution in [-0.2, 0) is 21.1 Å². The normalized spacial score (nSPS) is 13.8. The molecular weight excluding hydrogens is 581 g/mol. The van der Waals surface area contributed by atoms with E-state index >= 15 is 0 Å². The number of fused-ring (bicyclic) bond motifs is 2. The number of aromatic amines is 2. The lowest BCUT2D eigenvalue weighted by Crippen LogP contribution is -2.28. The summed E-state index contributed by atoms with van der Waals surface area (Å²) in [6, 6.07) is 13.9. The van der Waals surface area contributed by atoms with E-state index in [0.29, 0.717) is 45.1 Å². The van der Waals surface area contributed by atoms with Crippen LogP contribution in [0.5, 0.6) is 0 Å². The summed E-state index contributed by atoms with van der Waals surface area (Å²) in [4.78, 5) is 29.6. The summed E-state index contributed by atoms with van der Waals surface area (Å²) in [7, 11) is -3.20. The zero-order valence-corrected chi connectivity index (χ0v) is 24.6. The third-order valence-electron chi connectivity index (χ3n) is 7.98. The highest BCUT2D eigenvalue weighted by Crippen LogP contribution is 2.34. The molecular formula is C32H28FN7O3S. The first-order valence-corrected chi connectivity index (χ1v) is 16.3. The molecule has 5 aromatic heterocycles. The minimum Gasteiger partial charge on any atom is -0.353 e. The van der Waals surface area contributed by atoms with Crippen molar-refractivity contribution in [3.63, 3.8) is 0 Å². The number of aryl methyl sites for hydroxylation is 1. The van der Waals surface area contributed by atoms with Crippen LogP contribution in [0.2, 0.25) is 0 Å². The van der Waals surface area contributed by atoms with Crippen molar-refractivity contribution in [1.82, 2.24) is 30.1 Å².